The van der Waals surface area contributed by atoms with Crippen molar-refractivity contribution >= 4 is 10.0 Å². The van der Waals surface area contributed by atoms with Crippen molar-refractivity contribution in [2.75, 3.05) is 52.7 Å². The van der Waals surface area contributed by atoms with Gasteiger partial charge in [-0.25, -0.2) is 12.7 Å². The quantitative estimate of drug-likeness (QED) is 0.654. The highest BCUT2D eigenvalue weighted by atomic mass is 32.2. The molecule has 7 nitrogen and oxygen atoms in total. The van der Waals surface area contributed by atoms with E-state index in [1.807, 2.05) is 24.4 Å². The van der Waals surface area contributed by atoms with E-state index in [2.05, 4.69) is 21.8 Å². The van der Waals surface area contributed by atoms with E-state index >= 15 is 0 Å². The van der Waals surface area contributed by atoms with Gasteiger partial charge in [-0.3, -0.25) is 14.8 Å². The monoisotopic (exact) mass is 396 g/mol. The van der Waals surface area contributed by atoms with Crippen LogP contribution in [-0.4, -0.2) is 92.3 Å². The van der Waals surface area contributed by atoms with E-state index in [-0.39, 0.29) is 0 Å². The molecule has 2 saturated heterocycles. The number of hydrogen-bond acceptors (Lipinski definition) is 6. The lowest BCUT2D eigenvalue weighted by molar-refractivity contribution is 0.0156. The van der Waals surface area contributed by atoms with Crippen LogP contribution >= 0.6 is 0 Å². The van der Waals surface area contributed by atoms with Crippen LogP contribution in [0, 0.1) is 0 Å². The fraction of sp³-hybridized carbons (Fsp3) is 0.737. The smallest absolute Gasteiger partial charge is 0.211 e. The lowest BCUT2D eigenvalue weighted by Gasteiger charge is -2.39. The van der Waals surface area contributed by atoms with Crippen LogP contribution in [0.15, 0.2) is 24.4 Å². The Morgan fingerprint density at radius 3 is 2.59 bits per heavy atom. The van der Waals surface area contributed by atoms with E-state index in [9.17, 15) is 8.42 Å². The molecule has 1 aromatic heterocycles. The van der Waals surface area contributed by atoms with Gasteiger partial charge in [0.25, 0.3) is 0 Å². The predicted molar refractivity (Wildman–Crippen MR) is 106 cm³/mol. The Morgan fingerprint density at radius 1 is 1.19 bits per heavy atom. The van der Waals surface area contributed by atoms with E-state index in [0.717, 1.165) is 57.8 Å². The normalized spacial score (nSPS) is 22.7. The first-order valence-electron chi connectivity index (χ1n) is 9.80. The maximum atomic E-state index is 11.9. The molecule has 27 heavy (non-hydrogen) atoms. The van der Waals surface area contributed by atoms with Crippen LogP contribution in [0.3, 0.4) is 0 Å². The van der Waals surface area contributed by atoms with Gasteiger partial charge in [0.2, 0.25) is 10.0 Å². The maximum Gasteiger partial charge on any atom is 0.211 e. The molecular formula is C19H32N4O3S. The summed E-state index contributed by atoms with van der Waals surface area (Å²) in [5, 5.41) is 0. The van der Waals surface area contributed by atoms with Gasteiger partial charge in [0, 0.05) is 64.2 Å². The van der Waals surface area contributed by atoms with E-state index in [4.69, 9.17) is 4.74 Å². The van der Waals surface area contributed by atoms with Crippen molar-refractivity contribution in [1.29, 1.82) is 0 Å². The molecule has 8 heteroatoms. The van der Waals surface area contributed by atoms with Crippen LogP contribution in [0.5, 0.6) is 0 Å². The molecule has 0 saturated carbocycles. The Bertz CT molecular complexity index is 679. The Labute approximate surface area is 163 Å². The third-order valence-corrected chi connectivity index (χ3v) is 6.89. The summed E-state index contributed by atoms with van der Waals surface area (Å²) in [5.41, 5.74) is 1.07. The molecule has 0 aliphatic carbocycles. The molecule has 3 heterocycles. The van der Waals surface area contributed by atoms with Crippen LogP contribution in [0.2, 0.25) is 0 Å². The molecule has 2 aliphatic rings. The van der Waals surface area contributed by atoms with E-state index in [1.165, 1.54) is 6.26 Å². The molecule has 1 atom stereocenters. The van der Waals surface area contributed by atoms with Crippen molar-refractivity contribution in [2.45, 2.75) is 37.9 Å². The summed E-state index contributed by atoms with van der Waals surface area (Å²) >= 11 is 0. The molecule has 0 amide bonds. The van der Waals surface area contributed by atoms with Crippen LogP contribution in [-0.2, 0) is 21.3 Å². The second-order valence-electron chi connectivity index (χ2n) is 7.70. The summed E-state index contributed by atoms with van der Waals surface area (Å²) < 4.78 is 31.0. The second-order valence-corrected chi connectivity index (χ2v) is 9.69. The number of pyridine rings is 1. The van der Waals surface area contributed by atoms with Gasteiger partial charge >= 0.3 is 0 Å². The largest absolute Gasteiger partial charge is 0.381 e. The summed E-state index contributed by atoms with van der Waals surface area (Å²) in [6.07, 6.45) is 6.11. The minimum absolute atomic E-state index is 0.297. The van der Waals surface area contributed by atoms with Gasteiger partial charge in [-0.1, -0.05) is 6.07 Å². The van der Waals surface area contributed by atoms with Crippen LogP contribution < -0.4 is 0 Å². The standard InChI is InChI=1S/C19H32N4O3S/c1-21(15-17-5-3-4-9-20-17)11-12-23(18-7-13-26-14-8-18)19-6-10-22(16-19)27(2,24)25/h3-5,9,18-19H,6-8,10-16H2,1-2H3. The zero-order valence-electron chi connectivity index (χ0n) is 16.5. The fourth-order valence-corrected chi connectivity index (χ4v) is 4.98. The fourth-order valence-electron chi connectivity index (χ4n) is 4.10. The van der Waals surface area contributed by atoms with Crippen LogP contribution in [0.4, 0.5) is 0 Å². The minimum atomic E-state index is -3.11. The van der Waals surface area contributed by atoms with Gasteiger partial charge in [-0.05, 0) is 38.4 Å². The summed E-state index contributed by atoms with van der Waals surface area (Å²) in [5.74, 6) is 0. The Morgan fingerprint density at radius 2 is 1.96 bits per heavy atom. The van der Waals surface area contributed by atoms with Gasteiger partial charge < -0.3 is 4.74 Å². The lowest BCUT2D eigenvalue weighted by atomic mass is 10.0. The molecule has 1 aromatic rings. The van der Waals surface area contributed by atoms with Gasteiger partial charge in [-0.15, -0.1) is 0 Å². The number of rotatable bonds is 8. The summed E-state index contributed by atoms with van der Waals surface area (Å²) in [6.45, 7) is 5.54. The molecule has 3 rings (SSSR count). The zero-order chi connectivity index (χ0) is 19.3. The van der Waals surface area contributed by atoms with Gasteiger partial charge in [0.1, 0.15) is 0 Å². The number of aromatic nitrogens is 1. The summed E-state index contributed by atoms with van der Waals surface area (Å²) in [7, 11) is -0.989. The molecule has 0 N–H and O–H groups in total. The molecular weight excluding hydrogens is 364 g/mol. The van der Waals surface area contributed by atoms with Crippen molar-refractivity contribution < 1.29 is 13.2 Å². The number of ether oxygens (including phenoxy) is 1. The third kappa shape index (κ3) is 5.96. The first-order chi connectivity index (χ1) is 12.9. The van der Waals surface area contributed by atoms with Crippen LogP contribution in [0.1, 0.15) is 25.0 Å². The SMILES string of the molecule is CN(CCN(C1CCOCC1)C1CCN(S(C)(=O)=O)C1)Cc1ccccn1. The highest BCUT2D eigenvalue weighted by Crippen LogP contribution is 2.24. The van der Waals surface area contributed by atoms with Crippen molar-refractivity contribution in [3.05, 3.63) is 30.1 Å². The third-order valence-electron chi connectivity index (χ3n) is 5.62. The van der Waals surface area contributed by atoms with Gasteiger partial charge in [-0.2, -0.15) is 0 Å². The van der Waals surface area contributed by atoms with Crippen molar-refractivity contribution in [3.63, 3.8) is 0 Å². The molecule has 1 unspecified atom stereocenters. The molecule has 0 bridgehead atoms. The van der Waals surface area contributed by atoms with E-state index < -0.39 is 10.0 Å². The van der Waals surface area contributed by atoms with Crippen LogP contribution in [0.25, 0.3) is 0 Å². The number of sulfonamides is 1. The topological polar surface area (TPSA) is 66.0 Å². The average molecular weight is 397 g/mol. The molecule has 152 valence electrons. The Balaban J connectivity index is 1.60. The first-order valence-corrected chi connectivity index (χ1v) is 11.7. The zero-order valence-corrected chi connectivity index (χ0v) is 17.3. The number of nitrogens with zero attached hydrogens (tertiary/aromatic N) is 4. The first kappa shape index (κ1) is 20.7. The summed E-state index contributed by atoms with van der Waals surface area (Å²) in [6, 6.07) is 6.78. The van der Waals surface area contributed by atoms with Gasteiger partial charge in [0.05, 0.1) is 11.9 Å². The number of likely N-dealkylation sites (N-methyl/N-ethyl adjacent to an activating group) is 1. The molecule has 0 radical (unpaired) electrons. The lowest BCUT2D eigenvalue weighted by Crippen LogP contribution is -2.49. The number of hydrogen-bond donors (Lipinski definition) is 0. The van der Waals surface area contributed by atoms with E-state index in [1.54, 1.807) is 4.31 Å². The highest BCUT2D eigenvalue weighted by molar-refractivity contribution is 7.88. The Kier molecular flexibility index (Phi) is 7.22. The molecule has 0 spiro atoms. The van der Waals surface area contributed by atoms with Gasteiger partial charge in [0.15, 0.2) is 0 Å². The van der Waals surface area contributed by atoms with Crippen molar-refractivity contribution in [1.82, 2.24) is 19.1 Å². The molecule has 2 aliphatic heterocycles. The summed E-state index contributed by atoms with van der Waals surface area (Å²) in [4.78, 5) is 9.24. The minimum Gasteiger partial charge on any atom is -0.381 e. The maximum absolute atomic E-state index is 11.9. The molecule has 2 fully saturated rings. The van der Waals surface area contributed by atoms with E-state index in [0.29, 0.717) is 25.2 Å². The van der Waals surface area contributed by atoms with Crippen molar-refractivity contribution in [2.24, 2.45) is 0 Å². The highest BCUT2D eigenvalue weighted by Gasteiger charge is 2.35. The van der Waals surface area contributed by atoms with Crippen molar-refractivity contribution in [3.8, 4) is 0 Å². The predicted octanol–water partition coefficient (Wildman–Crippen LogP) is 1.03. The average Bonchev–Trinajstić information content (AvgIpc) is 3.14. The Hall–Kier alpha value is -1.06. The molecule has 0 aromatic carbocycles. The second kappa shape index (κ2) is 9.43.